The van der Waals surface area contributed by atoms with Crippen molar-refractivity contribution in [2.45, 2.75) is 25.3 Å². The van der Waals surface area contributed by atoms with Crippen molar-refractivity contribution in [2.24, 2.45) is 22.2 Å². The average molecular weight is 188 g/mol. The zero-order valence-corrected chi connectivity index (χ0v) is 7.44. The Hall–Kier alpha value is -1.30. The Morgan fingerprint density at radius 1 is 1.46 bits per heavy atom. The minimum atomic E-state index is -0.811. The topological polar surface area (TPSA) is 128 Å². The standard InChI is InChI=1S/C7H16N4O2/c8-5(4-11-7(9)10)2-1-3-6(12)13/h5H,1-4,8H2,(H,12,13)(H4,9,10,11). The second kappa shape index (κ2) is 6.24. The molecule has 6 heteroatoms. The first kappa shape index (κ1) is 11.7. The molecule has 76 valence electrons. The highest BCUT2D eigenvalue weighted by atomic mass is 16.4. The molecule has 0 spiro atoms. The zero-order chi connectivity index (χ0) is 10.3. The van der Waals surface area contributed by atoms with Crippen LogP contribution in [0.1, 0.15) is 19.3 Å². The Balaban J connectivity index is 3.46. The Kier molecular flexibility index (Phi) is 5.62. The van der Waals surface area contributed by atoms with Crippen molar-refractivity contribution >= 4 is 11.9 Å². The Morgan fingerprint density at radius 3 is 2.54 bits per heavy atom. The van der Waals surface area contributed by atoms with Gasteiger partial charge in [-0.3, -0.25) is 9.79 Å². The third kappa shape index (κ3) is 8.61. The normalized spacial score (nSPS) is 12.1. The molecule has 13 heavy (non-hydrogen) atoms. The SMILES string of the molecule is NC(N)=NCC(N)CCCC(=O)O. The van der Waals surface area contributed by atoms with Gasteiger partial charge in [0.2, 0.25) is 0 Å². The van der Waals surface area contributed by atoms with Crippen molar-refractivity contribution in [3.05, 3.63) is 0 Å². The van der Waals surface area contributed by atoms with E-state index in [1.54, 1.807) is 0 Å². The van der Waals surface area contributed by atoms with Gasteiger partial charge in [-0.1, -0.05) is 0 Å². The third-order valence-electron chi connectivity index (χ3n) is 1.47. The first-order valence-corrected chi connectivity index (χ1v) is 4.05. The van der Waals surface area contributed by atoms with Crippen LogP contribution >= 0.6 is 0 Å². The van der Waals surface area contributed by atoms with E-state index in [1.165, 1.54) is 0 Å². The summed E-state index contributed by atoms with van der Waals surface area (Å²) in [5.74, 6) is -0.803. The summed E-state index contributed by atoms with van der Waals surface area (Å²) in [4.78, 5) is 13.9. The van der Waals surface area contributed by atoms with E-state index in [1.807, 2.05) is 0 Å². The van der Waals surface area contributed by atoms with Crippen LogP contribution in [0.15, 0.2) is 4.99 Å². The zero-order valence-electron chi connectivity index (χ0n) is 7.44. The van der Waals surface area contributed by atoms with Gasteiger partial charge in [-0.15, -0.1) is 0 Å². The van der Waals surface area contributed by atoms with Crippen LogP contribution in [0.3, 0.4) is 0 Å². The van der Waals surface area contributed by atoms with Crippen LogP contribution in [-0.2, 0) is 4.79 Å². The van der Waals surface area contributed by atoms with Crippen LogP contribution in [-0.4, -0.2) is 29.6 Å². The first-order chi connectivity index (χ1) is 6.02. The molecule has 0 aromatic rings. The Bertz CT molecular complexity index is 189. The molecule has 0 fully saturated rings. The smallest absolute Gasteiger partial charge is 0.303 e. The molecule has 0 heterocycles. The molecule has 7 N–H and O–H groups in total. The van der Waals surface area contributed by atoms with Crippen molar-refractivity contribution in [3.63, 3.8) is 0 Å². The summed E-state index contributed by atoms with van der Waals surface area (Å²) in [7, 11) is 0. The molecule has 0 saturated heterocycles. The highest BCUT2D eigenvalue weighted by Crippen LogP contribution is 1.99. The molecular formula is C7H16N4O2. The number of nitrogens with zero attached hydrogens (tertiary/aromatic N) is 1. The maximum Gasteiger partial charge on any atom is 0.303 e. The van der Waals surface area contributed by atoms with Crippen molar-refractivity contribution in [2.75, 3.05) is 6.54 Å². The molecule has 0 aliphatic heterocycles. The number of rotatable bonds is 6. The molecule has 0 aromatic heterocycles. The second-order valence-electron chi connectivity index (χ2n) is 2.81. The summed E-state index contributed by atoms with van der Waals surface area (Å²) in [6.07, 6.45) is 1.30. The van der Waals surface area contributed by atoms with Crippen LogP contribution in [0, 0.1) is 0 Å². The summed E-state index contributed by atoms with van der Waals surface area (Å²) in [6, 6.07) is -0.165. The lowest BCUT2D eigenvalue weighted by Gasteiger charge is -2.06. The lowest BCUT2D eigenvalue weighted by atomic mass is 10.1. The molecule has 6 nitrogen and oxygen atoms in total. The third-order valence-corrected chi connectivity index (χ3v) is 1.47. The first-order valence-electron chi connectivity index (χ1n) is 4.05. The Morgan fingerprint density at radius 2 is 2.08 bits per heavy atom. The highest BCUT2D eigenvalue weighted by Gasteiger charge is 2.03. The number of carbonyl (C=O) groups is 1. The molecule has 0 bridgehead atoms. The molecule has 0 rings (SSSR count). The molecule has 1 unspecified atom stereocenters. The molecule has 0 aliphatic rings. The summed E-state index contributed by atoms with van der Waals surface area (Å²) in [5.41, 5.74) is 15.8. The molecule has 0 radical (unpaired) electrons. The number of aliphatic imine (C=N–C) groups is 1. The monoisotopic (exact) mass is 188 g/mol. The van der Waals surface area contributed by atoms with E-state index in [2.05, 4.69) is 4.99 Å². The second-order valence-corrected chi connectivity index (χ2v) is 2.81. The number of carboxylic acid groups (broad SMARTS) is 1. The molecule has 1 atom stereocenters. The van der Waals surface area contributed by atoms with Gasteiger partial charge in [0.05, 0.1) is 6.54 Å². The maximum absolute atomic E-state index is 10.1. The van der Waals surface area contributed by atoms with E-state index in [9.17, 15) is 4.79 Å². The van der Waals surface area contributed by atoms with Crippen LogP contribution in [0.4, 0.5) is 0 Å². The van der Waals surface area contributed by atoms with Crippen LogP contribution < -0.4 is 17.2 Å². The van der Waals surface area contributed by atoms with Gasteiger partial charge in [0.15, 0.2) is 5.96 Å². The van der Waals surface area contributed by atoms with Gasteiger partial charge in [0.25, 0.3) is 0 Å². The van der Waals surface area contributed by atoms with Crippen LogP contribution in [0.25, 0.3) is 0 Å². The summed E-state index contributed by atoms with van der Waals surface area (Å²) >= 11 is 0. The fourth-order valence-electron chi connectivity index (χ4n) is 0.829. The lowest BCUT2D eigenvalue weighted by Crippen LogP contribution is -2.29. The van der Waals surface area contributed by atoms with Gasteiger partial charge < -0.3 is 22.3 Å². The molecule has 0 saturated carbocycles. The average Bonchev–Trinajstić information content (AvgIpc) is 2.00. The molecule has 0 aromatic carbocycles. The van der Waals surface area contributed by atoms with Crippen molar-refractivity contribution in [1.82, 2.24) is 0 Å². The summed E-state index contributed by atoms with van der Waals surface area (Å²) in [5, 5.41) is 8.34. The van der Waals surface area contributed by atoms with E-state index in [-0.39, 0.29) is 18.4 Å². The van der Waals surface area contributed by atoms with Gasteiger partial charge in [-0.05, 0) is 12.8 Å². The number of nitrogens with two attached hydrogens (primary N) is 3. The Labute approximate surface area is 76.8 Å². The van der Waals surface area contributed by atoms with E-state index < -0.39 is 5.97 Å². The predicted molar refractivity (Wildman–Crippen MR) is 50.1 cm³/mol. The van der Waals surface area contributed by atoms with E-state index >= 15 is 0 Å². The summed E-state index contributed by atoms with van der Waals surface area (Å²) < 4.78 is 0. The fourth-order valence-corrected chi connectivity index (χ4v) is 0.829. The fraction of sp³-hybridized carbons (Fsp3) is 0.714. The number of carboxylic acids is 1. The molecular weight excluding hydrogens is 172 g/mol. The minimum absolute atomic E-state index is 0.00804. The number of guanidine groups is 1. The molecule has 0 amide bonds. The van der Waals surface area contributed by atoms with Crippen LogP contribution in [0.5, 0.6) is 0 Å². The van der Waals surface area contributed by atoms with Gasteiger partial charge in [0, 0.05) is 12.5 Å². The van der Waals surface area contributed by atoms with Gasteiger partial charge in [0.1, 0.15) is 0 Å². The predicted octanol–water partition coefficient (Wildman–Crippen LogP) is -1.16. The van der Waals surface area contributed by atoms with E-state index in [4.69, 9.17) is 22.3 Å². The van der Waals surface area contributed by atoms with E-state index in [0.717, 1.165) is 0 Å². The number of hydrogen-bond acceptors (Lipinski definition) is 3. The van der Waals surface area contributed by atoms with Gasteiger partial charge in [-0.2, -0.15) is 0 Å². The van der Waals surface area contributed by atoms with Crippen LogP contribution in [0.2, 0.25) is 0 Å². The quantitative estimate of drug-likeness (QED) is 0.309. The van der Waals surface area contributed by atoms with Gasteiger partial charge in [-0.25, -0.2) is 0 Å². The van der Waals surface area contributed by atoms with Crippen molar-refractivity contribution in [3.8, 4) is 0 Å². The van der Waals surface area contributed by atoms with Gasteiger partial charge >= 0.3 is 5.97 Å². The largest absolute Gasteiger partial charge is 0.481 e. The lowest BCUT2D eigenvalue weighted by molar-refractivity contribution is -0.137. The number of aliphatic carboxylic acids is 1. The number of hydrogen-bond donors (Lipinski definition) is 4. The minimum Gasteiger partial charge on any atom is -0.481 e. The van der Waals surface area contributed by atoms with E-state index in [0.29, 0.717) is 19.4 Å². The maximum atomic E-state index is 10.1. The molecule has 0 aliphatic carbocycles. The van der Waals surface area contributed by atoms with Crippen molar-refractivity contribution in [1.29, 1.82) is 0 Å². The summed E-state index contributed by atoms with van der Waals surface area (Å²) in [6.45, 7) is 0.349. The highest BCUT2D eigenvalue weighted by molar-refractivity contribution is 5.75. The van der Waals surface area contributed by atoms with Crippen molar-refractivity contribution < 1.29 is 9.90 Å².